The van der Waals surface area contributed by atoms with Crippen LogP contribution >= 0.6 is 0 Å². The van der Waals surface area contributed by atoms with Crippen molar-refractivity contribution in [3.63, 3.8) is 0 Å². The Morgan fingerprint density at radius 2 is 1.88 bits per heavy atom. The molecule has 0 aromatic carbocycles. The fourth-order valence-electron chi connectivity index (χ4n) is 1.61. The number of nitrogens with zero attached hydrogens (tertiary/aromatic N) is 2. The predicted octanol–water partition coefficient (Wildman–Crippen LogP) is 0.115. The van der Waals surface area contributed by atoms with Gasteiger partial charge in [-0.2, -0.15) is 0 Å². The number of hydrogen-bond acceptors (Lipinski definition) is 5. The van der Waals surface area contributed by atoms with E-state index < -0.39 is 5.79 Å². The second kappa shape index (κ2) is 6.18. The van der Waals surface area contributed by atoms with Crippen molar-refractivity contribution in [1.29, 1.82) is 0 Å². The average molecular weight is 246 g/mol. The van der Waals surface area contributed by atoms with Crippen molar-refractivity contribution in [1.82, 2.24) is 9.80 Å². The molecule has 1 saturated heterocycles. The molecule has 0 unspecified atom stereocenters. The summed E-state index contributed by atoms with van der Waals surface area (Å²) < 4.78 is 10.3. The van der Waals surface area contributed by atoms with Crippen LogP contribution < -0.4 is 0 Å². The molecule has 1 aliphatic heterocycles. The van der Waals surface area contributed by atoms with Crippen molar-refractivity contribution < 1.29 is 19.4 Å². The molecule has 6 heteroatoms. The molecule has 6 nitrogen and oxygen atoms in total. The predicted molar refractivity (Wildman–Crippen MR) is 62.7 cm³/mol. The fraction of sp³-hybridized carbons (Fsp3) is 0.909. The Hall–Kier alpha value is -0.850. The normalized spacial score (nSPS) is 18.2. The van der Waals surface area contributed by atoms with E-state index in [0.717, 1.165) is 13.1 Å². The maximum atomic E-state index is 11.8. The largest absolute Gasteiger partial charge is 0.417 e. The summed E-state index contributed by atoms with van der Waals surface area (Å²) in [5.74, 6) is -0.890. The quantitative estimate of drug-likeness (QED) is 0.714. The molecule has 0 radical (unpaired) electrons. The van der Waals surface area contributed by atoms with E-state index in [4.69, 9.17) is 14.6 Å². The molecule has 0 atom stereocenters. The SMILES string of the molecule is COC(C)(C)OC(=O)N1CCN(CCO)CC1. The first kappa shape index (κ1) is 14.2. The van der Waals surface area contributed by atoms with E-state index in [2.05, 4.69) is 4.90 Å². The molecule has 0 aliphatic carbocycles. The van der Waals surface area contributed by atoms with E-state index in [1.54, 1.807) is 18.7 Å². The number of methoxy groups -OCH3 is 1. The summed E-state index contributed by atoms with van der Waals surface area (Å²) >= 11 is 0. The number of β-amino-alcohol motifs (C(OH)–C–C–N with tert-alkyl or cyclic N) is 1. The van der Waals surface area contributed by atoms with Gasteiger partial charge in [0.25, 0.3) is 0 Å². The molecular formula is C11H22N2O4. The molecule has 0 aromatic rings. The minimum absolute atomic E-state index is 0.154. The zero-order chi connectivity index (χ0) is 12.9. The number of piperazine rings is 1. The highest BCUT2D eigenvalue weighted by atomic mass is 16.7. The van der Waals surface area contributed by atoms with Crippen molar-refractivity contribution in [3.8, 4) is 0 Å². The molecule has 1 heterocycles. The second-order valence-corrected chi connectivity index (χ2v) is 4.52. The molecule has 1 rings (SSSR count). The van der Waals surface area contributed by atoms with Gasteiger partial charge >= 0.3 is 6.09 Å². The van der Waals surface area contributed by atoms with Gasteiger partial charge in [0.05, 0.1) is 6.61 Å². The van der Waals surface area contributed by atoms with E-state index in [-0.39, 0.29) is 12.7 Å². The van der Waals surface area contributed by atoms with Crippen LogP contribution in [0.25, 0.3) is 0 Å². The number of hydrogen-bond donors (Lipinski definition) is 1. The van der Waals surface area contributed by atoms with Crippen molar-refractivity contribution in [3.05, 3.63) is 0 Å². The van der Waals surface area contributed by atoms with Crippen molar-refractivity contribution in [2.45, 2.75) is 19.6 Å². The lowest BCUT2D eigenvalue weighted by molar-refractivity contribution is -0.164. The summed E-state index contributed by atoms with van der Waals surface area (Å²) in [5, 5.41) is 8.81. The summed E-state index contributed by atoms with van der Waals surface area (Å²) in [6, 6.07) is 0. The van der Waals surface area contributed by atoms with E-state index in [9.17, 15) is 4.79 Å². The lowest BCUT2D eigenvalue weighted by Gasteiger charge is -2.35. The molecule has 1 N–H and O–H groups in total. The third kappa shape index (κ3) is 4.49. The van der Waals surface area contributed by atoms with Crippen LogP contribution in [0.1, 0.15) is 13.8 Å². The van der Waals surface area contributed by atoms with Gasteiger partial charge in [0.1, 0.15) is 0 Å². The van der Waals surface area contributed by atoms with Gasteiger partial charge in [-0.3, -0.25) is 4.90 Å². The minimum atomic E-state index is -0.890. The Morgan fingerprint density at radius 3 is 2.35 bits per heavy atom. The molecule has 17 heavy (non-hydrogen) atoms. The molecule has 1 fully saturated rings. The Balaban J connectivity index is 2.36. The number of rotatable bonds is 4. The van der Waals surface area contributed by atoms with Crippen LogP contribution in [0.2, 0.25) is 0 Å². The lowest BCUT2D eigenvalue weighted by atomic mass is 10.3. The average Bonchev–Trinajstić information content (AvgIpc) is 2.30. The van der Waals surface area contributed by atoms with Gasteiger partial charge in [-0.05, 0) is 0 Å². The standard InChI is InChI=1S/C11H22N2O4/c1-11(2,16-3)17-10(15)13-6-4-12(5-7-13)8-9-14/h14H,4-9H2,1-3H3. The second-order valence-electron chi connectivity index (χ2n) is 4.52. The van der Waals surface area contributed by atoms with Gasteiger partial charge in [0, 0.05) is 53.7 Å². The number of aliphatic hydroxyl groups excluding tert-OH is 1. The van der Waals surface area contributed by atoms with Gasteiger partial charge in [-0.15, -0.1) is 0 Å². The van der Waals surface area contributed by atoms with Gasteiger partial charge in [0.15, 0.2) is 0 Å². The highest BCUT2D eigenvalue weighted by Crippen LogP contribution is 2.13. The van der Waals surface area contributed by atoms with Crippen LogP contribution in [0.4, 0.5) is 4.79 Å². The number of ether oxygens (including phenoxy) is 2. The van der Waals surface area contributed by atoms with E-state index in [0.29, 0.717) is 19.6 Å². The Kier molecular flexibility index (Phi) is 5.17. The van der Waals surface area contributed by atoms with Crippen LogP contribution in [0.5, 0.6) is 0 Å². The third-order valence-corrected chi connectivity index (χ3v) is 2.87. The molecule has 1 aliphatic rings. The number of carbonyl (C=O) groups is 1. The Bertz CT molecular complexity index is 250. The molecule has 0 spiro atoms. The van der Waals surface area contributed by atoms with Gasteiger partial charge in [0.2, 0.25) is 5.79 Å². The first-order chi connectivity index (χ1) is 7.98. The maximum absolute atomic E-state index is 11.8. The fourth-order valence-corrected chi connectivity index (χ4v) is 1.61. The molecular weight excluding hydrogens is 224 g/mol. The van der Waals surface area contributed by atoms with Gasteiger partial charge < -0.3 is 19.5 Å². The first-order valence-electron chi connectivity index (χ1n) is 5.85. The number of aliphatic hydroxyl groups is 1. The smallest absolute Gasteiger partial charge is 0.412 e. The molecule has 0 aromatic heterocycles. The molecule has 100 valence electrons. The number of amides is 1. The minimum Gasteiger partial charge on any atom is -0.417 e. The van der Waals surface area contributed by atoms with Crippen LogP contribution in [-0.4, -0.2) is 73.2 Å². The van der Waals surface area contributed by atoms with Crippen LogP contribution in [0.3, 0.4) is 0 Å². The van der Waals surface area contributed by atoms with Gasteiger partial charge in [-0.1, -0.05) is 0 Å². The third-order valence-electron chi connectivity index (χ3n) is 2.87. The maximum Gasteiger partial charge on any atom is 0.412 e. The monoisotopic (exact) mass is 246 g/mol. The molecule has 1 amide bonds. The first-order valence-corrected chi connectivity index (χ1v) is 5.85. The highest BCUT2D eigenvalue weighted by molar-refractivity contribution is 5.68. The topological polar surface area (TPSA) is 62.2 Å². The molecule has 0 bridgehead atoms. The van der Waals surface area contributed by atoms with E-state index >= 15 is 0 Å². The zero-order valence-corrected chi connectivity index (χ0v) is 10.8. The van der Waals surface area contributed by atoms with Crippen molar-refractivity contribution in [2.75, 3.05) is 46.4 Å². The van der Waals surface area contributed by atoms with Crippen LogP contribution in [-0.2, 0) is 9.47 Å². The van der Waals surface area contributed by atoms with Crippen LogP contribution in [0.15, 0.2) is 0 Å². The van der Waals surface area contributed by atoms with Crippen molar-refractivity contribution in [2.24, 2.45) is 0 Å². The summed E-state index contributed by atoms with van der Waals surface area (Å²) in [6.07, 6.45) is -0.347. The van der Waals surface area contributed by atoms with Crippen molar-refractivity contribution >= 4 is 6.09 Å². The van der Waals surface area contributed by atoms with E-state index in [1.165, 1.54) is 7.11 Å². The zero-order valence-electron chi connectivity index (χ0n) is 10.8. The van der Waals surface area contributed by atoms with Gasteiger partial charge in [-0.25, -0.2) is 4.79 Å². The summed E-state index contributed by atoms with van der Waals surface area (Å²) in [6.45, 7) is 7.00. The van der Waals surface area contributed by atoms with Crippen LogP contribution in [0, 0.1) is 0 Å². The van der Waals surface area contributed by atoms with E-state index in [1.807, 2.05) is 0 Å². The summed E-state index contributed by atoms with van der Waals surface area (Å²) in [4.78, 5) is 15.6. The lowest BCUT2D eigenvalue weighted by Crippen LogP contribution is -2.50. The Morgan fingerprint density at radius 1 is 1.29 bits per heavy atom. The summed E-state index contributed by atoms with van der Waals surface area (Å²) in [7, 11) is 1.51. The highest BCUT2D eigenvalue weighted by Gasteiger charge is 2.27. The summed E-state index contributed by atoms with van der Waals surface area (Å²) in [5.41, 5.74) is 0. The Labute approximate surface area is 102 Å². The number of carbonyl (C=O) groups excluding carboxylic acids is 1. The molecule has 0 saturated carbocycles.